The summed E-state index contributed by atoms with van der Waals surface area (Å²) in [6.45, 7) is 2.12. The normalized spacial score (nSPS) is 12.6. The summed E-state index contributed by atoms with van der Waals surface area (Å²) in [6.07, 6.45) is 0.899. The number of aliphatic hydroxyl groups is 1. The van der Waals surface area contributed by atoms with E-state index >= 15 is 0 Å². The molecule has 0 amide bonds. The molecule has 0 bridgehead atoms. The van der Waals surface area contributed by atoms with Gasteiger partial charge in [0.15, 0.2) is 0 Å². The molecular weight excluding hydrogens is 220 g/mol. The van der Waals surface area contributed by atoms with Gasteiger partial charge in [-0.3, -0.25) is 0 Å². The van der Waals surface area contributed by atoms with Crippen LogP contribution in [0.25, 0.3) is 0 Å². The van der Waals surface area contributed by atoms with Crippen molar-refractivity contribution in [1.82, 2.24) is 0 Å². The second-order valence-corrected chi connectivity index (χ2v) is 4.76. The molecule has 16 heavy (non-hydrogen) atoms. The highest BCUT2D eigenvalue weighted by Crippen LogP contribution is 2.25. The Morgan fingerprint density at radius 1 is 1.25 bits per heavy atom. The molecule has 3 heteroatoms. The second kappa shape index (κ2) is 5.23. The lowest BCUT2D eigenvalue weighted by Crippen LogP contribution is -1.97. The number of furan rings is 1. The minimum Gasteiger partial charge on any atom is -0.466 e. The van der Waals surface area contributed by atoms with E-state index in [1.807, 2.05) is 24.3 Å². The fraction of sp³-hybridized carbons (Fsp3) is 0.231. The molecule has 84 valence electrons. The molecule has 0 saturated carbocycles. The maximum atomic E-state index is 10.0. The van der Waals surface area contributed by atoms with Gasteiger partial charge in [-0.15, -0.1) is 11.8 Å². The Labute approximate surface area is 99.3 Å². The van der Waals surface area contributed by atoms with Crippen molar-refractivity contribution in [2.45, 2.75) is 17.9 Å². The Kier molecular flexibility index (Phi) is 3.70. The van der Waals surface area contributed by atoms with Crippen LogP contribution >= 0.6 is 11.8 Å². The third kappa shape index (κ3) is 2.49. The van der Waals surface area contributed by atoms with Gasteiger partial charge >= 0.3 is 0 Å². The fourth-order valence-corrected chi connectivity index (χ4v) is 2.19. The van der Waals surface area contributed by atoms with E-state index < -0.39 is 6.10 Å². The van der Waals surface area contributed by atoms with Gasteiger partial charge < -0.3 is 9.52 Å². The van der Waals surface area contributed by atoms with E-state index in [2.05, 4.69) is 6.92 Å². The van der Waals surface area contributed by atoms with E-state index in [1.54, 1.807) is 30.2 Å². The average molecular weight is 234 g/mol. The van der Waals surface area contributed by atoms with Crippen molar-refractivity contribution in [2.75, 3.05) is 5.75 Å². The minimum atomic E-state index is -0.671. The molecule has 2 nitrogen and oxygen atoms in total. The highest BCUT2D eigenvalue weighted by molar-refractivity contribution is 7.99. The average Bonchev–Trinajstić information content (AvgIpc) is 2.83. The molecule has 0 aliphatic rings. The Hall–Kier alpha value is -1.19. The summed E-state index contributed by atoms with van der Waals surface area (Å²) >= 11 is 1.79. The number of rotatable bonds is 4. The van der Waals surface area contributed by atoms with E-state index in [-0.39, 0.29) is 0 Å². The fourth-order valence-electron chi connectivity index (χ4n) is 1.52. The predicted octanol–water partition coefficient (Wildman–Crippen LogP) is 3.47. The van der Waals surface area contributed by atoms with Crippen LogP contribution < -0.4 is 0 Å². The molecule has 1 unspecified atom stereocenters. The summed E-state index contributed by atoms with van der Waals surface area (Å²) < 4.78 is 5.17. The van der Waals surface area contributed by atoms with Gasteiger partial charge in [-0.2, -0.15) is 0 Å². The molecule has 1 aromatic carbocycles. The van der Waals surface area contributed by atoms with Crippen molar-refractivity contribution in [1.29, 1.82) is 0 Å². The molecule has 0 fully saturated rings. The Balaban J connectivity index is 2.15. The summed E-state index contributed by atoms with van der Waals surface area (Å²) in [5.41, 5.74) is 0.857. The van der Waals surface area contributed by atoms with Crippen LogP contribution in [0, 0.1) is 0 Å². The van der Waals surface area contributed by atoms with Crippen molar-refractivity contribution < 1.29 is 9.52 Å². The monoisotopic (exact) mass is 234 g/mol. The van der Waals surface area contributed by atoms with Crippen molar-refractivity contribution in [2.24, 2.45) is 0 Å². The molecule has 0 aliphatic carbocycles. The van der Waals surface area contributed by atoms with Gasteiger partial charge in [0.1, 0.15) is 11.9 Å². The zero-order valence-corrected chi connectivity index (χ0v) is 9.91. The van der Waals surface area contributed by atoms with Crippen LogP contribution in [-0.4, -0.2) is 10.9 Å². The summed E-state index contributed by atoms with van der Waals surface area (Å²) in [7, 11) is 0. The van der Waals surface area contributed by atoms with Crippen LogP contribution in [0.5, 0.6) is 0 Å². The lowest BCUT2D eigenvalue weighted by atomic mass is 10.1. The quantitative estimate of drug-likeness (QED) is 0.822. The number of aliphatic hydroxyl groups excluding tert-OH is 1. The maximum Gasteiger partial charge on any atom is 0.137 e. The smallest absolute Gasteiger partial charge is 0.137 e. The van der Waals surface area contributed by atoms with Crippen molar-refractivity contribution in [3.8, 4) is 0 Å². The van der Waals surface area contributed by atoms with Crippen LogP contribution in [0.3, 0.4) is 0 Å². The predicted molar refractivity (Wildman–Crippen MR) is 65.6 cm³/mol. The second-order valence-electron chi connectivity index (χ2n) is 3.42. The Morgan fingerprint density at radius 2 is 2.00 bits per heavy atom. The van der Waals surface area contributed by atoms with Gasteiger partial charge in [0, 0.05) is 4.90 Å². The molecule has 0 spiro atoms. The van der Waals surface area contributed by atoms with Gasteiger partial charge in [0.2, 0.25) is 0 Å². The lowest BCUT2D eigenvalue weighted by Gasteiger charge is -2.08. The first kappa shape index (κ1) is 11.3. The Bertz CT molecular complexity index is 420. The van der Waals surface area contributed by atoms with Crippen LogP contribution in [0.15, 0.2) is 52.0 Å². The summed E-state index contributed by atoms with van der Waals surface area (Å²) in [5, 5.41) is 10.0. The topological polar surface area (TPSA) is 33.4 Å². The molecule has 0 radical (unpaired) electrons. The number of benzene rings is 1. The Morgan fingerprint density at radius 3 is 2.56 bits per heavy atom. The molecule has 1 aromatic heterocycles. The minimum absolute atomic E-state index is 0.580. The molecule has 1 heterocycles. The van der Waals surface area contributed by atoms with E-state index in [1.165, 1.54) is 4.90 Å². The SMILES string of the molecule is CCSc1ccc(C(O)c2ccco2)cc1. The first-order valence-electron chi connectivity index (χ1n) is 5.25. The molecular formula is C13H14O2S. The van der Waals surface area contributed by atoms with Crippen LogP contribution in [-0.2, 0) is 0 Å². The molecule has 1 atom stereocenters. The maximum absolute atomic E-state index is 10.0. The summed E-state index contributed by atoms with van der Waals surface area (Å²) in [6, 6.07) is 11.5. The van der Waals surface area contributed by atoms with Crippen LogP contribution in [0.2, 0.25) is 0 Å². The highest BCUT2D eigenvalue weighted by Gasteiger charge is 2.12. The van der Waals surface area contributed by atoms with E-state index in [9.17, 15) is 5.11 Å². The van der Waals surface area contributed by atoms with Crippen LogP contribution in [0.4, 0.5) is 0 Å². The zero-order valence-electron chi connectivity index (χ0n) is 9.09. The van der Waals surface area contributed by atoms with Gasteiger partial charge in [-0.1, -0.05) is 19.1 Å². The summed E-state index contributed by atoms with van der Waals surface area (Å²) in [4.78, 5) is 1.22. The molecule has 0 saturated heterocycles. The number of hydrogen-bond acceptors (Lipinski definition) is 3. The zero-order chi connectivity index (χ0) is 11.4. The van der Waals surface area contributed by atoms with Gasteiger partial charge in [-0.05, 0) is 35.6 Å². The lowest BCUT2D eigenvalue weighted by molar-refractivity contribution is 0.189. The molecule has 2 aromatic rings. The van der Waals surface area contributed by atoms with Crippen molar-refractivity contribution in [3.05, 3.63) is 54.0 Å². The van der Waals surface area contributed by atoms with Crippen molar-refractivity contribution in [3.63, 3.8) is 0 Å². The van der Waals surface area contributed by atoms with E-state index in [0.717, 1.165) is 11.3 Å². The summed E-state index contributed by atoms with van der Waals surface area (Å²) in [5.74, 6) is 1.64. The first-order valence-corrected chi connectivity index (χ1v) is 6.24. The molecule has 2 rings (SSSR count). The largest absolute Gasteiger partial charge is 0.466 e. The molecule has 0 aliphatic heterocycles. The molecule has 1 N–H and O–H groups in total. The highest BCUT2D eigenvalue weighted by atomic mass is 32.2. The number of hydrogen-bond donors (Lipinski definition) is 1. The first-order chi connectivity index (χ1) is 7.81. The third-order valence-electron chi connectivity index (χ3n) is 2.32. The van der Waals surface area contributed by atoms with Gasteiger partial charge in [0.05, 0.1) is 6.26 Å². The standard InChI is InChI=1S/C13H14O2S/c1-2-16-11-7-5-10(6-8-11)13(14)12-4-3-9-15-12/h3-9,13-14H,2H2,1H3. The third-order valence-corrected chi connectivity index (χ3v) is 3.21. The van der Waals surface area contributed by atoms with Crippen LogP contribution in [0.1, 0.15) is 24.4 Å². The number of thioether (sulfide) groups is 1. The van der Waals surface area contributed by atoms with E-state index in [0.29, 0.717) is 5.76 Å². The van der Waals surface area contributed by atoms with E-state index in [4.69, 9.17) is 4.42 Å². The van der Waals surface area contributed by atoms with Crippen molar-refractivity contribution >= 4 is 11.8 Å². The van der Waals surface area contributed by atoms with Gasteiger partial charge in [-0.25, -0.2) is 0 Å². The van der Waals surface area contributed by atoms with Gasteiger partial charge in [0.25, 0.3) is 0 Å².